The van der Waals surface area contributed by atoms with E-state index < -0.39 is 0 Å². The van der Waals surface area contributed by atoms with Crippen LogP contribution in [0, 0.1) is 0 Å². The second kappa shape index (κ2) is 8.25. The summed E-state index contributed by atoms with van der Waals surface area (Å²) in [5, 5.41) is 0.694. The summed E-state index contributed by atoms with van der Waals surface area (Å²) in [6.45, 7) is 5.40. The first-order chi connectivity index (χ1) is 12.2. The first kappa shape index (κ1) is 18.3. The van der Waals surface area contributed by atoms with E-state index in [0.29, 0.717) is 29.5 Å². The molecule has 0 aromatic carbocycles. The number of aryl methyl sites for hydroxylation is 2. The molecule has 1 fully saturated rings. The van der Waals surface area contributed by atoms with Crippen LogP contribution < -0.4 is 11.2 Å². The third kappa shape index (κ3) is 3.86. The van der Waals surface area contributed by atoms with Crippen molar-refractivity contribution in [1.82, 2.24) is 19.1 Å². The molecule has 25 heavy (non-hydrogen) atoms. The van der Waals surface area contributed by atoms with Gasteiger partial charge in [0.15, 0.2) is 11.2 Å². The highest BCUT2D eigenvalue weighted by Crippen LogP contribution is 2.30. The average molecular weight is 365 g/mol. The fourth-order valence-electron chi connectivity index (χ4n) is 3.62. The molecule has 1 saturated carbocycles. The summed E-state index contributed by atoms with van der Waals surface area (Å²) in [4.78, 5) is 31.8. The van der Waals surface area contributed by atoms with Gasteiger partial charge in [0.05, 0.1) is 5.75 Å². The summed E-state index contributed by atoms with van der Waals surface area (Å²) >= 11 is 1.95. The van der Waals surface area contributed by atoms with Gasteiger partial charge in [0.1, 0.15) is 5.82 Å². The molecule has 0 atom stereocenters. The van der Waals surface area contributed by atoms with Crippen LogP contribution in [0.4, 0.5) is 0 Å². The summed E-state index contributed by atoms with van der Waals surface area (Å²) in [5.74, 6) is 1.71. The Hall–Kier alpha value is -1.50. The number of imidazole rings is 1. The lowest BCUT2D eigenvalue weighted by Gasteiger charge is -2.20. The van der Waals surface area contributed by atoms with Crippen LogP contribution in [0.1, 0.15) is 64.6 Å². The van der Waals surface area contributed by atoms with Gasteiger partial charge in [0, 0.05) is 18.3 Å². The average Bonchev–Trinajstić information content (AvgIpc) is 2.99. The first-order valence-electron chi connectivity index (χ1n) is 9.49. The maximum atomic E-state index is 12.4. The van der Waals surface area contributed by atoms with Crippen molar-refractivity contribution in [2.45, 2.75) is 82.9 Å². The standard InChI is InChI=1S/C18H28N4O2S/c1-3-5-11-22-16-15(17(23)20-18(22)24)21(4-2)14(19-16)12-25-13-9-7-6-8-10-13/h13H,3-12H2,1-2H3,(H,20,23,24). The van der Waals surface area contributed by atoms with E-state index in [4.69, 9.17) is 4.98 Å². The maximum absolute atomic E-state index is 12.4. The van der Waals surface area contributed by atoms with E-state index in [1.807, 2.05) is 23.3 Å². The van der Waals surface area contributed by atoms with Gasteiger partial charge in [-0.25, -0.2) is 9.78 Å². The summed E-state index contributed by atoms with van der Waals surface area (Å²) in [7, 11) is 0. The van der Waals surface area contributed by atoms with Crippen LogP contribution in [-0.2, 0) is 18.8 Å². The van der Waals surface area contributed by atoms with E-state index >= 15 is 0 Å². The molecule has 1 N–H and O–H groups in total. The van der Waals surface area contributed by atoms with Crippen molar-refractivity contribution >= 4 is 22.9 Å². The number of fused-ring (bicyclic) bond motifs is 1. The van der Waals surface area contributed by atoms with Crippen LogP contribution in [0.15, 0.2) is 9.59 Å². The molecule has 0 aliphatic heterocycles. The largest absolute Gasteiger partial charge is 0.330 e. The first-order valence-corrected chi connectivity index (χ1v) is 10.5. The number of aromatic amines is 1. The SMILES string of the molecule is CCCCn1c(=O)[nH]c(=O)c2c1nc(CSC1CCCCC1)n2CC. The third-order valence-electron chi connectivity index (χ3n) is 5.02. The van der Waals surface area contributed by atoms with Crippen LogP contribution in [0.2, 0.25) is 0 Å². The molecule has 7 heteroatoms. The molecule has 138 valence electrons. The second-order valence-corrected chi connectivity index (χ2v) is 8.07. The maximum Gasteiger partial charge on any atom is 0.330 e. The number of unbranched alkanes of at least 4 members (excludes halogenated alkanes) is 1. The van der Waals surface area contributed by atoms with E-state index in [1.165, 1.54) is 32.1 Å². The van der Waals surface area contributed by atoms with Gasteiger partial charge in [-0.2, -0.15) is 11.8 Å². The molecule has 0 radical (unpaired) electrons. The topological polar surface area (TPSA) is 72.7 Å². The van der Waals surface area contributed by atoms with Gasteiger partial charge in [-0.1, -0.05) is 32.6 Å². The number of H-pyrrole nitrogens is 1. The Balaban J connectivity index is 1.96. The zero-order valence-electron chi connectivity index (χ0n) is 15.2. The Morgan fingerprint density at radius 3 is 2.60 bits per heavy atom. The summed E-state index contributed by atoms with van der Waals surface area (Å²) in [6.07, 6.45) is 8.43. The minimum Gasteiger partial charge on any atom is -0.322 e. The molecule has 1 aliphatic carbocycles. The van der Waals surface area contributed by atoms with Gasteiger partial charge in [-0.15, -0.1) is 0 Å². The molecule has 2 aromatic rings. The zero-order valence-corrected chi connectivity index (χ0v) is 16.0. The molecule has 0 spiro atoms. The Morgan fingerprint density at radius 1 is 1.16 bits per heavy atom. The van der Waals surface area contributed by atoms with E-state index in [0.717, 1.165) is 24.4 Å². The van der Waals surface area contributed by atoms with Crippen molar-refractivity contribution in [2.24, 2.45) is 0 Å². The van der Waals surface area contributed by atoms with Crippen molar-refractivity contribution in [1.29, 1.82) is 0 Å². The molecule has 0 bridgehead atoms. The Morgan fingerprint density at radius 2 is 1.92 bits per heavy atom. The lowest BCUT2D eigenvalue weighted by molar-refractivity contribution is 0.515. The number of nitrogens with zero attached hydrogens (tertiary/aromatic N) is 3. The van der Waals surface area contributed by atoms with E-state index in [9.17, 15) is 9.59 Å². The highest BCUT2D eigenvalue weighted by molar-refractivity contribution is 7.99. The Bertz CT molecular complexity index is 830. The normalized spacial score (nSPS) is 15.9. The zero-order chi connectivity index (χ0) is 17.8. The number of rotatable bonds is 7. The molecule has 0 unspecified atom stereocenters. The van der Waals surface area contributed by atoms with Gasteiger partial charge in [-0.3, -0.25) is 14.3 Å². The monoisotopic (exact) mass is 364 g/mol. The van der Waals surface area contributed by atoms with Crippen molar-refractivity contribution in [2.75, 3.05) is 0 Å². The number of thioether (sulfide) groups is 1. The van der Waals surface area contributed by atoms with Gasteiger partial charge < -0.3 is 4.57 Å². The molecule has 0 saturated heterocycles. The molecular weight excluding hydrogens is 336 g/mol. The predicted molar refractivity (Wildman–Crippen MR) is 103 cm³/mol. The Labute approximate surface area is 152 Å². The molecule has 2 heterocycles. The van der Waals surface area contributed by atoms with Gasteiger partial charge in [0.2, 0.25) is 0 Å². The van der Waals surface area contributed by atoms with Crippen molar-refractivity contribution < 1.29 is 0 Å². The van der Waals surface area contributed by atoms with Crippen molar-refractivity contribution in [3.8, 4) is 0 Å². The van der Waals surface area contributed by atoms with E-state index in [1.54, 1.807) is 4.57 Å². The van der Waals surface area contributed by atoms with Gasteiger partial charge in [0.25, 0.3) is 5.56 Å². The lowest BCUT2D eigenvalue weighted by Crippen LogP contribution is -2.31. The Kier molecular flexibility index (Phi) is 6.04. The second-order valence-electron chi connectivity index (χ2n) is 6.78. The van der Waals surface area contributed by atoms with Crippen LogP contribution >= 0.6 is 11.8 Å². The number of nitrogens with one attached hydrogen (secondary N) is 1. The predicted octanol–water partition coefficient (Wildman–Crippen LogP) is 3.27. The quantitative estimate of drug-likeness (QED) is 0.818. The summed E-state index contributed by atoms with van der Waals surface area (Å²) < 4.78 is 3.60. The van der Waals surface area contributed by atoms with Crippen LogP contribution in [-0.4, -0.2) is 24.4 Å². The van der Waals surface area contributed by atoms with Crippen molar-refractivity contribution in [3.05, 3.63) is 26.7 Å². The van der Waals surface area contributed by atoms with E-state index in [-0.39, 0.29) is 11.2 Å². The van der Waals surface area contributed by atoms with Gasteiger partial charge in [-0.05, 0) is 26.2 Å². The molecule has 2 aromatic heterocycles. The minimum absolute atomic E-state index is 0.323. The van der Waals surface area contributed by atoms with Crippen LogP contribution in [0.3, 0.4) is 0 Å². The highest BCUT2D eigenvalue weighted by Gasteiger charge is 2.20. The molecular formula is C18H28N4O2S. The van der Waals surface area contributed by atoms with Crippen LogP contribution in [0.5, 0.6) is 0 Å². The minimum atomic E-state index is -0.349. The lowest BCUT2D eigenvalue weighted by atomic mass is 10.0. The number of aromatic nitrogens is 4. The number of hydrogen-bond donors (Lipinski definition) is 1. The van der Waals surface area contributed by atoms with Crippen molar-refractivity contribution in [3.63, 3.8) is 0 Å². The fraction of sp³-hybridized carbons (Fsp3) is 0.722. The molecule has 1 aliphatic rings. The van der Waals surface area contributed by atoms with Crippen LogP contribution in [0.25, 0.3) is 11.2 Å². The molecule has 0 amide bonds. The smallest absolute Gasteiger partial charge is 0.322 e. The summed E-state index contributed by atoms with van der Waals surface area (Å²) in [5.41, 5.74) is 0.412. The molecule has 3 rings (SSSR count). The number of hydrogen-bond acceptors (Lipinski definition) is 4. The summed E-state index contributed by atoms with van der Waals surface area (Å²) in [6, 6.07) is 0. The third-order valence-corrected chi connectivity index (χ3v) is 6.38. The highest BCUT2D eigenvalue weighted by atomic mass is 32.2. The van der Waals surface area contributed by atoms with Gasteiger partial charge >= 0.3 is 5.69 Å². The fourth-order valence-corrected chi connectivity index (χ4v) is 4.89. The van der Waals surface area contributed by atoms with E-state index in [2.05, 4.69) is 11.9 Å². The molecule has 6 nitrogen and oxygen atoms in total.